The van der Waals surface area contributed by atoms with Gasteiger partial charge in [-0.25, -0.2) is 0 Å². The van der Waals surface area contributed by atoms with Crippen molar-refractivity contribution in [3.63, 3.8) is 0 Å². The van der Waals surface area contributed by atoms with Crippen molar-refractivity contribution in [3.05, 3.63) is 48.8 Å². The monoisotopic (exact) mass is 425 g/mol. The molecular formula is C22H27N5O2S. The van der Waals surface area contributed by atoms with Crippen molar-refractivity contribution in [1.82, 2.24) is 24.6 Å². The number of carbonyl (C=O) groups is 1. The lowest BCUT2D eigenvalue weighted by Crippen LogP contribution is -2.33. The third-order valence-corrected chi connectivity index (χ3v) is 5.66. The van der Waals surface area contributed by atoms with Crippen LogP contribution in [0, 0.1) is 0 Å². The molecule has 0 saturated heterocycles. The molecule has 158 valence electrons. The Labute approximate surface area is 181 Å². The summed E-state index contributed by atoms with van der Waals surface area (Å²) in [6.07, 6.45) is 5.54. The number of nitrogens with zero attached hydrogens (tertiary/aromatic N) is 5. The zero-order valence-corrected chi connectivity index (χ0v) is 18.4. The first-order valence-electron chi connectivity index (χ1n) is 10.1. The van der Waals surface area contributed by atoms with Crippen LogP contribution in [0.4, 0.5) is 0 Å². The number of carbonyl (C=O) groups excluding carboxylic acids is 1. The second kappa shape index (κ2) is 10.8. The number of hydrogen-bond donors (Lipinski definition) is 0. The van der Waals surface area contributed by atoms with Gasteiger partial charge in [-0.1, -0.05) is 25.1 Å². The molecule has 0 unspecified atom stereocenters. The molecule has 0 bridgehead atoms. The molecule has 0 spiro atoms. The Morgan fingerprint density at radius 1 is 1.10 bits per heavy atom. The fraction of sp³-hybridized carbons (Fsp3) is 0.364. The summed E-state index contributed by atoms with van der Waals surface area (Å²) in [7, 11) is 1.64. The van der Waals surface area contributed by atoms with Gasteiger partial charge >= 0.3 is 0 Å². The number of hydrogen-bond acceptors (Lipinski definition) is 6. The van der Waals surface area contributed by atoms with Gasteiger partial charge in [-0.05, 0) is 49.7 Å². The summed E-state index contributed by atoms with van der Waals surface area (Å²) >= 11 is 1.40. The molecule has 7 nitrogen and oxygen atoms in total. The second-order valence-electron chi connectivity index (χ2n) is 6.69. The standard InChI is InChI=1S/C22H27N5O2S/c1-4-6-15-26(5-2)20(28)16-30-22-25-24-21(17-11-13-23-14-12-17)27(22)18-7-9-19(29-3)10-8-18/h7-14H,4-6,15-16H2,1-3H3. The normalized spacial score (nSPS) is 10.8. The molecule has 0 aliphatic carbocycles. The highest BCUT2D eigenvalue weighted by molar-refractivity contribution is 7.99. The summed E-state index contributed by atoms with van der Waals surface area (Å²) in [6, 6.07) is 11.5. The lowest BCUT2D eigenvalue weighted by atomic mass is 10.2. The zero-order valence-electron chi connectivity index (χ0n) is 17.6. The van der Waals surface area contributed by atoms with Crippen molar-refractivity contribution in [1.29, 1.82) is 0 Å². The third kappa shape index (κ3) is 5.18. The summed E-state index contributed by atoms with van der Waals surface area (Å²) in [5, 5.41) is 9.46. The molecule has 0 saturated carbocycles. The lowest BCUT2D eigenvalue weighted by molar-refractivity contribution is -0.128. The predicted molar refractivity (Wildman–Crippen MR) is 119 cm³/mol. The Balaban J connectivity index is 1.88. The van der Waals surface area contributed by atoms with E-state index in [1.807, 2.05) is 52.8 Å². The summed E-state index contributed by atoms with van der Waals surface area (Å²) in [5.41, 5.74) is 1.81. The van der Waals surface area contributed by atoms with Crippen LogP contribution in [0.5, 0.6) is 5.75 Å². The number of ether oxygens (including phenoxy) is 1. The maximum Gasteiger partial charge on any atom is 0.233 e. The van der Waals surface area contributed by atoms with E-state index in [2.05, 4.69) is 22.1 Å². The number of thioether (sulfide) groups is 1. The van der Waals surface area contributed by atoms with E-state index in [0.717, 1.165) is 36.4 Å². The molecule has 1 amide bonds. The van der Waals surface area contributed by atoms with Crippen molar-refractivity contribution >= 4 is 17.7 Å². The first-order chi connectivity index (χ1) is 14.7. The smallest absolute Gasteiger partial charge is 0.233 e. The predicted octanol–water partition coefficient (Wildman–Crippen LogP) is 4.08. The minimum absolute atomic E-state index is 0.116. The molecule has 0 atom stereocenters. The number of amides is 1. The van der Waals surface area contributed by atoms with Crippen LogP contribution < -0.4 is 4.74 Å². The quantitative estimate of drug-likeness (QED) is 0.456. The van der Waals surface area contributed by atoms with E-state index in [-0.39, 0.29) is 5.91 Å². The van der Waals surface area contributed by atoms with Gasteiger partial charge in [0.2, 0.25) is 5.91 Å². The summed E-state index contributed by atoms with van der Waals surface area (Å²) in [4.78, 5) is 18.7. The fourth-order valence-electron chi connectivity index (χ4n) is 3.04. The lowest BCUT2D eigenvalue weighted by Gasteiger charge is -2.20. The minimum Gasteiger partial charge on any atom is -0.497 e. The molecule has 2 aromatic heterocycles. The van der Waals surface area contributed by atoms with Gasteiger partial charge in [0.15, 0.2) is 11.0 Å². The average molecular weight is 426 g/mol. The van der Waals surface area contributed by atoms with Crippen molar-refractivity contribution in [3.8, 4) is 22.8 Å². The molecule has 30 heavy (non-hydrogen) atoms. The topological polar surface area (TPSA) is 73.1 Å². The van der Waals surface area contributed by atoms with E-state index in [9.17, 15) is 4.79 Å². The van der Waals surface area contributed by atoms with Crippen LogP contribution in [0.25, 0.3) is 17.1 Å². The first kappa shape index (κ1) is 21.8. The van der Waals surface area contributed by atoms with E-state index < -0.39 is 0 Å². The number of aromatic nitrogens is 4. The molecule has 1 aromatic carbocycles. The van der Waals surface area contributed by atoms with Gasteiger partial charge in [-0.3, -0.25) is 14.3 Å². The molecule has 0 fully saturated rings. The SMILES string of the molecule is CCCCN(CC)C(=O)CSc1nnc(-c2ccncc2)n1-c1ccc(OC)cc1. The molecule has 0 aliphatic heterocycles. The summed E-state index contributed by atoms with van der Waals surface area (Å²) in [5.74, 6) is 1.92. The maximum absolute atomic E-state index is 12.7. The van der Waals surface area contributed by atoms with Gasteiger partial charge < -0.3 is 9.64 Å². The summed E-state index contributed by atoms with van der Waals surface area (Å²) in [6.45, 7) is 5.65. The Morgan fingerprint density at radius 2 is 1.83 bits per heavy atom. The highest BCUT2D eigenvalue weighted by Gasteiger charge is 2.19. The largest absolute Gasteiger partial charge is 0.497 e. The van der Waals surface area contributed by atoms with Crippen molar-refractivity contribution in [2.24, 2.45) is 0 Å². The number of unbranched alkanes of at least 4 members (excludes halogenated alkanes) is 1. The minimum atomic E-state index is 0.116. The molecule has 0 N–H and O–H groups in total. The maximum atomic E-state index is 12.7. The van der Waals surface area contributed by atoms with Crippen molar-refractivity contribution in [2.75, 3.05) is 26.0 Å². The van der Waals surface area contributed by atoms with Crippen LogP contribution in [-0.2, 0) is 4.79 Å². The molecule has 0 aliphatic rings. The average Bonchev–Trinajstić information content (AvgIpc) is 3.22. The Morgan fingerprint density at radius 3 is 2.47 bits per heavy atom. The van der Waals surface area contributed by atoms with Crippen LogP contribution in [0.3, 0.4) is 0 Å². The van der Waals surface area contributed by atoms with Crippen molar-refractivity contribution < 1.29 is 9.53 Å². The van der Waals surface area contributed by atoms with Crippen LogP contribution >= 0.6 is 11.8 Å². The van der Waals surface area contributed by atoms with Gasteiger partial charge in [0.05, 0.1) is 12.9 Å². The summed E-state index contributed by atoms with van der Waals surface area (Å²) < 4.78 is 7.24. The van der Waals surface area contributed by atoms with Gasteiger partial charge in [0.25, 0.3) is 0 Å². The molecule has 2 heterocycles. The number of pyridine rings is 1. The molecule has 0 radical (unpaired) electrons. The molecule has 3 rings (SSSR count). The Kier molecular flexibility index (Phi) is 7.84. The Bertz CT molecular complexity index is 944. The van der Waals surface area contributed by atoms with Crippen LogP contribution in [-0.4, -0.2) is 56.5 Å². The highest BCUT2D eigenvalue weighted by Crippen LogP contribution is 2.28. The fourth-order valence-corrected chi connectivity index (χ4v) is 3.90. The van der Waals surface area contributed by atoms with Crippen LogP contribution in [0.15, 0.2) is 53.9 Å². The molecule has 3 aromatic rings. The van der Waals surface area contributed by atoms with Crippen LogP contribution in [0.2, 0.25) is 0 Å². The second-order valence-corrected chi connectivity index (χ2v) is 7.63. The van der Waals surface area contributed by atoms with Gasteiger partial charge in [0.1, 0.15) is 5.75 Å². The molecular weight excluding hydrogens is 398 g/mol. The number of benzene rings is 1. The number of rotatable bonds is 10. The first-order valence-corrected chi connectivity index (χ1v) is 11.1. The zero-order chi connectivity index (χ0) is 21.3. The van der Waals surface area contributed by atoms with E-state index in [1.54, 1.807) is 19.5 Å². The van der Waals surface area contributed by atoms with E-state index in [0.29, 0.717) is 23.3 Å². The highest BCUT2D eigenvalue weighted by atomic mass is 32.2. The van der Waals surface area contributed by atoms with Gasteiger partial charge in [0, 0.05) is 36.7 Å². The van der Waals surface area contributed by atoms with E-state index >= 15 is 0 Å². The Hall–Kier alpha value is -2.87. The van der Waals surface area contributed by atoms with E-state index in [4.69, 9.17) is 4.74 Å². The van der Waals surface area contributed by atoms with Gasteiger partial charge in [-0.2, -0.15) is 0 Å². The number of methoxy groups -OCH3 is 1. The molecule has 8 heteroatoms. The van der Waals surface area contributed by atoms with Crippen molar-refractivity contribution in [2.45, 2.75) is 31.8 Å². The third-order valence-electron chi connectivity index (χ3n) is 4.74. The van der Waals surface area contributed by atoms with Gasteiger partial charge in [-0.15, -0.1) is 10.2 Å². The van der Waals surface area contributed by atoms with Crippen LogP contribution in [0.1, 0.15) is 26.7 Å². The van der Waals surface area contributed by atoms with E-state index in [1.165, 1.54) is 11.8 Å².